The first-order valence-electron chi connectivity index (χ1n) is 8.78. The lowest BCUT2D eigenvalue weighted by Crippen LogP contribution is -2.39. The highest BCUT2D eigenvalue weighted by Crippen LogP contribution is 2.33. The highest BCUT2D eigenvalue weighted by molar-refractivity contribution is 5.79. The van der Waals surface area contributed by atoms with Crippen molar-refractivity contribution in [1.29, 1.82) is 0 Å². The van der Waals surface area contributed by atoms with Crippen LogP contribution in [0.2, 0.25) is 0 Å². The average Bonchev–Trinajstić information content (AvgIpc) is 3.14. The van der Waals surface area contributed by atoms with Gasteiger partial charge in [-0.25, -0.2) is 0 Å². The molecule has 0 saturated carbocycles. The number of rotatable bonds is 3. The highest BCUT2D eigenvalue weighted by atomic mass is 16.5. The Balaban J connectivity index is 1.30. The zero-order valence-corrected chi connectivity index (χ0v) is 13.6. The molecule has 0 N–H and O–H groups in total. The fourth-order valence-corrected chi connectivity index (χ4v) is 4.32. The number of aromatic nitrogens is 1. The topological polar surface area (TPSA) is 45.7 Å². The zero-order chi connectivity index (χ0) is 15.6. The molecule has 3 saturated heterocycles. The van der Waals surface area contributed by atoms with E-state index >= 15 is 0 Å². The minimum atomic E-state index is 0.201. The quantitative estimate of drug-likeness (QED) is 0.846. The number of hydrogen-bond acceptors (Lipinski definition) is 4. The molecule has 5 heteroatoms. The normalized spacial score (nSPS) is 29.0. The van der Waals surface area contributed by atoms with Crippen LogP contribution < -0.4 is 0 Å². The second kappa shape index (κ2) is 6.57. The van der Waals surface area contributed by atoms with E-state index in [1.54, 1.807) is 0 Å². The van der Waals surface area contributed by atoms with Crippen molar-refractivity contribution in [3.8, 4) is 0 Å². The van der Waals surface area contributed by atoms with Crippen LogP contribution in [0, 0.1) is 17.8 Å². The molecule has 1 aromatic rings. The fraction of sp³-hybridized carbons (Fsp3) is 0.667. The van der Waals surface area contributed by atoms with Crippen LogP contribution >= 0.6 is 0 Å². The first-order valence-corrected chi connectivity index (χ1v) is 8.78. The molecule has 0 aliphatic carbocycles. The van der Waals surface area contributed by atoms with Crippen molar-refractivity contribution >= 4 is 5.91 Å². The van der Waals surface area contributed by atoms with Gasteiger partial charge in [-0.2, -0.15) is 0 Å². The van der Waals surface area contributed by atoms with Gasteiger partial charge in [-0.15, -0.1) is 0 Å². The van der Waals surface area contributed by atoms with Crippen LogP contribution in [0.5, 0.6) is 0 Å². The van der Waals surface area contributed by atoms with Gasteiger partial charge in [0.25, 0.3) is 0 Å². The van der Waals surface area contributed by atoms with Gasteiger partial charge in [-0.1, -0.05) is 6.07 Å². The van der Waals surface area contributed by atoms with Crippen molar-refractivity contribution in [3.05, 3.63) is 30.1 Å². The van der Waals surface area contributed by atoms with E-state index in [2.05, 4.69) is 20.9 Å². The highest BCUT2D eigenvalue weighted by Gasteiger charge is 2.42. The number of likely N-dealkylation sites (tertiary alicyclic amines) is 2. The standard InChI is InChI=1S/C18H25N3O2/c22-18(14-4-7-23-8-5-14)21-11-15-9-20(10-16(15)12-21)13-17-3-1-2-6-19-17/h1-3,6,14-16H,4-5,7-13H2/t15-,16-/m1/s1. The second-order valence-corrected chi connectivity index (χ2v) is 7.17. The summed E-state index contributed by atoms with van der Waals surface area (Å²) in [6, 6.07) is 6.10. The van der Waals surface area contributed by atoms with E-state index in [-0.39, 0.29) is 5.92 Å². The van der Waals surface area contributed by atoms with Gasteiger partial charge in [-0.05, 0) is 36.8 Å². The van der Waals surface area contributed by atoms with Crippen LogP contribution in [0.3, 0.4) is 0 Å². The molecule has 124 valence electrons. The smallest absolute Gasteiger partial charge is 0.225 e. The van der Waals surface area contributed by atoms with Gasteiger partial charge in [0.05, 0.1) is 5.69 Å². The molecule has 5 nitrogen and oxygen atoms in total. The summed E-state index contributed by atoms with van der Waals surface area (Å²) in [6.07, 6.45) is 3.66. The molecule has 0 radical (unpaired) electrons. The van der Waals surface area contributed by atoms with Gasteiger partial charge in [0.2, 0.25) is 5.91 Å². The van der Waals surface area contributed by atoms with Crippen LogP contribution in [-0.4, -0.2) is 60.1 Å². The Morgan fingerprint density at radius 3 is 2.52 bits per heavy atom. The van der Waals surface area contributed by atoms with E-state index in [1.165, 1.54) is 0 Å². The van der Waals surface area contributed by atoms with E-state index in [1.807, 2.05) is 18.3 Å². The first kappa shape index (κ1) is 15.1. The minimum absolute atomic E-state index is 0.201. The number of fused-ring (bicyclic) bond motifs is 1. The van der Waals surface area contributed by atoms with E-state index in [0.717, 1.165) is 64.5 Å². The lowest BCUT2D eigenvalue weighted by Gasteiger charge is -2.27. The van der Waals surface area contributed by atoms with Crippen LogP contribution in [0.15, 0.2) is 24.4 Å². The molecule has 0 spiro atoms. The molecule has 3 aliphatic rings. The number of amides is 1. The third kappa shape index (κ3) is 3.26. The van der Waals surface area contributed by atoms with Gasteiger partial charge in [0, 0.05) is 58.1 Å². The van der Waals surface area contributed by atoms with E-state index < -0.39 is 0 Å². The number of pyridine rings is 1. The van der Waals surface area contributed by atoms with Crippen molar-refractivity contribution in [2.75, 3.05) is 39.4 Å². The summed E-state index contributed by atoms with van der Waals surface area (Å²) in [5.74, 6) is 1.86. The number of ether oxygens (including phenoxy) is 1. The maximum Gasteiger partial charge on any atom is 0.225 e. The Kier molecular flexibility index (Phi) is 4.31. The minimum Gasteiger partial charge on any atom is -0.381 e. The lowest BCUT2D eigenvalue weighted by molar-refractivity contribution is -0.137. The third-order valence-electron chi connectivity index (χ3n) is 5.56. The van der Waals surface area contributed by atoms with Crippen molar-refractivity contribution in [1.82, 2.24) is 14.8 Å². The van der Waals surface area contributed by atoms with E-state index in [0.29, 0.717) is 17.7 Å². The van der Waals surface area contributed by atoms with Crippen molar-refractivity contribution < 1.29 is 9.53 Å². The molecule has 3 aliphatic heterocycles. The third-order valence-corrected chi connectivity index (χ3v) is 5.56. The fourth-order valence-electron chi connectivity index (χ4n) is 4.32. The molecule has 4 heterocycles. The van der Waals surface area contributed by atoms with Crippen LogP contribution in [0.25, 0.3) is 0 Å². The Morgan fingerprint density at radius 1 is 1.13 bits per heavy atom. The first-order chi connectivity index (χ1) is 11.3. The number of carbonyl (C=O) groups is 1. The van der Waals surface area contributed by atoms with Crippen LogP contribution in [0.1, 0.15) is 18.5 Å². The monoisotopic (exact) mass is 315 g/mol. The summed E-state index contributed by atoms with van der Waals surface area (Å²) < 4.78 is 5.37. The molecular weight excluding hydrogens is 290 g/mol. The summed E-state index contributed by atoms with van der Waals surface area (Å²) in [5, 5.41) is 0. The predicted octanol–water partition coefficient (Wildman–Crippen LogP) is 1.40. The molecule has 3 fully saturated rings. The van der Waals surface area contributed by atoms with Gasteiger partial charge >= 0.3 is 0 Å². The molecule has 23 heavy (non-hydrogen) atoms. The summed E-state index contributed by atoms with van der Waals surface area (Å²) >= 11 is 0. The molecule has 1 amide bonds. The molecule has 1 aromatic heterocycles. The average molecular weight is 315 g/mol. The summed E-state index contributed by atoms with van der Waals surface area (Å²) in [7, 11) is 0. The Hall–Kier alpha value is -1.46. The van der Waals surface area contributed by atoms with Crippen molar-refractivity contribution in [2.24, 2.45) is 17.8 Å². The molecule has 0 bridgehead atoms. The van der Waals surface area contributed by atoms with E-state index in [9.17, 15) is 4.79 Å². The second-order valence-electron chi connectivity index (χ2n) is 7.17. The SMILES string of the molecule is O=C(C1CCOCC1)N1C[C@H]2CN(Cc3ccccn3)C[C@@H]2C1. The summed E-state index contributed by atoms with van der Waals surface area (Å²) in [4.78, 5) is 21.7. The van der Waals surface area contributed by atoms with Crippen LogP contribution in [-0.2, 0) is 16.1 Å². The Morgan fingerprint density at radius 2 is 1.87 bits per heavy atom. The number of nitrogens with zero attached hydrogens (tertiary/aromatic N) is 3. The molecule has 4 rings (SSSR count). The molecule has 0 aromatic carbocycles. The number of carbonyl (C=O) groups excluding carboxylic acids is 1. The maximum atomic E-state index is 12.7. The zero-order valence-electron chi connectivity index (χ0n) is 13.6. The van der Waals surface area contributed by atoms with Crippen molar-refractivity contribution in [3.63, 3.8) is 0 Å². The van der Waals surface area contributed by atoms with Gasteiger partial charge in [0.15, 0.2) is 0 Å². The van der Waals surface area contributed by atoms with Gasteiger partial charge in [-0.3, -0.25) is 14.7 Å². The summed E-state index contributed by atoms with van der Waals surface area (Å²) in [6.45, 7) is 6.50. The van der Waals surface area contributed by atoms with Gasteiger partial charge < -0.3 is 9.64 Å². The van der Waals surface area contributed by atoms with Gasteiger partial charge in [0.1, 0.15) is 0 Å². The lowest BCUT2D eigenvalue weighted by atomic mass is 9.99. The molecule has 0 unspecified atom stereocenters. The van der Waals surface area contributed by atoms with E-state index in [4.69, 9.17) is 4.74 Å². The van der Waals surface area contributed by atoms with Crippen molar-refractivity contribution in [2.45, 2.75) is 19.4 Å². The maximum absolute atomic E-state index is 12.7. The Bertz CT molecular complexity index is 530. The largest absolute Gasteiger partial charge is 0.381 e. The Labute approximate surface area is 137 Å². The number of hydrogen-bond donors (Lipinski definition) is 0. The molecule has 2 atom stereocenters. The molecular formula is C18H25N3O2. The van der Waals surface area contributed by atoms with Crippen LogP contribution in [0.4, 0.5) is 0 Å². The summed E-state index contributed by atoms with van der Waals surface area (Å²) in [5.41, 5.74) is 1.14. The predicted molar refractivity (Wildman–Crippen MR) is 86.6 cm³/mol.